The molecule has 0 aromatic carbocycles. The van der Waals surface area contributed by atoms with Gasteiger partial charge in [0.25, 0.3) is 0 Å². The molecule has 0 aromatic rings. The molecular weight excluding hydrogens is 194 g/mol. The summed E-state index contributed by atoms with van der Waals surface area (Å²) in [6.07, 6.45) is 1.73. The molecule has 15 heavy (non-hydrogen) atoms. The van der Waals surface area contributed by atoms with Crippen LogP contribution in [0.2, 0.25) is 0 Å². The quantitative estimate of drug-likeness (QED) is 0.762. The van der Waals surface area contributed by atoms with Crippen molar-refractivity contribution in [1.82, 2.24) is 5.32 Å². The fourth-order valence-electron chi connectivity index (χ4n) is 1.61. The molecule has 1 atom stereocenters. The Balaban J connectivity index is 2.20. The van der Waals surface area contributed by atoms with E-state index in [-0.39, 0.29) is 0 Å². The molecule has 1 N–H and O–H groups in total. The lowest BCUT2D eigenvalue weighted by Crippen LogP contribution is -2.34. The monoisotopic (exact) mass is 213 g/mol. The van der Waals surface area contributed by atoms with Crippen molar-refractivity contribution in [3.05, 3.63) is 0 Å². The Bertz CT molecular complexity index is 255. The van der Waals surface area contributed by atoms with Crippen molar-refractivity contribution in [2.24, 2.45) is 5.92 Å². The van der Waals surface area contributed by atoms with E-state index >= 15 is 0 Å². The zero-order valence-electron chi connectivity index (χ0n) is 9.63. The van der Waals surface area contributed by atoms with Gasteiger partial charge in [-0.3, -0.25) is 4.79 Å². The van der Waals surface area contributed by atoms with Gasteiger partial charge in [-0.1, -0.05) is 0 Å². The molecule has 0 radical (unpaired) electrons. The fraction of sp³-hybridized carbons (Fsp3) is 0.818. The number of hydrogen-bond acceptors (Lipinski definition) is 3. The number of ketones is 1. The highest BCUT2D eigenvalue weighted by Crippen LogP contribution is 2.20. The number of Topliss-reactive ketones (excluding diaryl/α,β-unsaturated/α-hetero) is 1. The highest BCUT2D eigenvalue weighted by molar-refractivity contribution is 5.80. The molecule has 1 rings (SSSR count). The van der Waals surface area contributed by atoms with Crippen LogP contribution >= 0.6 is 0 Å². The van der Waals surface area contributed by atoms with Gasteiger partial charge in [0.2, 0.25) is 0 Å². The van der Waals surface area contributed by atoms with Gasteiger partial charge in [-0.2, -0.15) is 0 Å². The topological polar surface area (TPSA) is 55.4 Å². The maximum Gasteiger partial charge on any atom is 0.407 e. The molecule has 0 aliphatic heterocycles. The van der Waals surface area contributed by atoms with Gasteiger partial charge in [-0.05, 0) is 33.1 Å². The SMILES string of the molecule is CC(C)(C)OC(=O)NC[C@H]1CCC(=O)C1. The maximum absolute atomic E-state index is 11.3. The molecule has 0 aromatic heterocycles. The summed E-state index contributed by atoms with van der Waals surface area (Å²) in [6.45, 7) is 6.02. The van der Waals surface area contributed by atoms with Crippen LogP contribution in [0.4, 0.5) is 4.79 Å². The van der Waals surface area contributed by atoms with Crippen LogP contribution in [-0.2, 0) is 9.53 Å². The molecule has 1 aliphatic carbocycles. The fourth-order valence-corrected chi connectivity index (χ4v) is 1.61. The van der Waals surface area contributed by atoms with Gasteiger partial charge < -0.3 is 10.1 Å². The number of hydrogen-bond donors (Lipinski definition) is 1. The Morgan fingerprint density at radius 3 is 2.67 bits per heavy atom. The van der Waals surface area contributed by atoms with Gasteiger partial charge >= 0.3 is 6.09 Å². The normalized spacial score (nSPS) is 21.5. The average Bonchev–Trinajstić information content (AvgIpc) is 2.45. The molecule has 0 heterocycles. The van der Waals surface area contributed by atoms with Crippen molar-refractivity contribution in [2.75, 3.05) is 6.54 Å². The summed E-state index contributed by atoms with van der Waals surface area (Å²) < 4.78 is 5.09. The summed E-state index contributed by atoms with van der Waals surface area (Å²) in [5.41, 5.74) is -0.463. The first kappa shape index (κ1) is 12.0. The number of carbonyl (C=O) groups is 2. The summed E-state index contributed by atoms with van der Waals surface area (Å²) in [5, 5.41) is 2.69. The second-order valence-electron chi connectivity index (χ2n) is 5.03. The van der Waals surface area contributed by atoms with Gasteiger partial charge in [-0.25, -0.2) is 4.79 Å². The number of rotatable bonds is 2. The summed E-state index contributed by atoms with van der Waals surface area (Å²) in [6, 6.07) is 0. The van der Waals surface area contributed by atoms with E-state index in [1.165, 1.54) is 0 Å². The summed E-state index contributed by atoms with van der Waals surface area (Å²) in [5.74, 6) is 0.594. The van der Waals surface area contributed by atoms with Crippen molar-refractivity contribution in [2.45, 2.75) is 45.6 Å². The molecule has 4 heteroatoms. The maximum atomic E-state index is 11.3. The predicted molar refractivity (Wildman–Crippen MR) is 56.6 cm³/mol. The minimum absolute atomic E-state index is 0.296. The van der Waals surface area contributed by atoms with Crippen molar-refractivity contribution < 1.29 is 14.3 Å². The van der Waals surface area contributed by atoms with Crippen LogP contribution in [0.3, 0.4) is 0 Å². The zero-order valence-corrected chi connectivity index (χ0v) is 9.63. The van der Waals surface area contributed by atoms with Gasteiger partial charge in [0.05, 0.1) is 0 Å². The van der Waals surface area contributed by atoms with E-state index in [9.17, 15) is 9.59 Å². The van der Waals surface area contributed by atoms with Gasteiger partial charge in [-0.15, -0.1) is 0 Å². The lowest BCUT2D eigenvalue weighted by molar-refractivity contribution is -0.117. The van der Waals surface area contributed by atoms with Gasteiger partial charge in [0, 0.05) is 19.4 Å². The van der Waals surface area contributed by atoms with Crippen molar-refractivity contribution >= 4 is 11.9 Å². The second kappa shape index (κ2) is 4.64. The highest BCUT2D eigenvalue weighted by atomic mass is 16.6. The average molecular weight is 213 g/mol. The van der Waals surface area contributed by atoms with Crippen molar-refractivity contribution in [3.8, 4) is 0 Å². The summed E-state index contributed by atoms with van der Waals surface area (Å²) >= 11 is 0. The van der Waals surface area contributed by atoms with Crippen molar-refractivity contribution in [1.29, 1.82) is 0 Å². The van der Waals surface area contributed by atoms with E-state index in [0.717, 1.165) is 6.42 Å². The lowest BCUT2D eigenvalue weighted by atomic mass is 10.1. The molecule has 0 bridgehead atoms. The standard InChI is InChI=1S/C11H19NO3/c1-11(2,3)15-10(14)12-7-8-4-5-9(13)6-8/h8H,4-7H2,1-3H3,(H,12,14)/t8-/m0/s1. The minimum atomic E-state index is -0.463. The third-order valence-corrected chi connectivity index (χ3v) is 2.28. The van der Waals surface area contributed by atoms with Crippen LogP contribution in [0, 0.1) is 5.92 Å². The number of ether oxygens (including phenoxy) is 1. The van der Waals surface area contributed by atoms with Crippen LogP contribution in [0.25, 0.3) is 0 Å². The third-order valence-electron chi connectivity index (χ3n) is 2.28. The largest absolute Gasteiger partial charge is 0.444 e. The number of alkyl carbamates (subject to hydrolysis) is 1. The Morgan fingerprint density at radius 1 is 1.53 bits per heavy atom. The number of carbonyl (C=O) groups excluding carboxylic acids is 2. The molecular formula is C11H19NO3. The van der Waals surface area contributed by atoms with Crippen LogP contribution in [0.1, 0.15) is 40.0 Å². The Labute approximate surface area is 90.4 Å². The first-order valence-corrected chi connectivity index (χ1v) is 5.35. The Hall–Kier alpha value is -1.06. The Kier molecular flexibility index (Phi) is 3.72. The van der Waals surface area contributed by atoms with Crippen LogP contribution in [0.15, 0.2) is 0 Å². The molecule has 0 saturated heterocycles. The third kappa shape index (κ3) is 4.81. The molecule has 0 spiro atoms. The lowest BCUT2D eigenvalue weighted by Gasteiger charge is -2.20. The number of amides is 1. The smallest absolute Gasteiger partial charge is 0.407 e. The van der Waals surface area contributed by atoms with E-state index in [1.807, 2.05) is 20.8 Å². The summed E-state index contributed by atoms with van der Waals surface area (Å²) in [4.78, 5) is 22.3. The Morgan fingerprint density at radius 2 is 2.20 bits per heavy atom. The van der Waals surface area contributed by atoms with Gasteiger partial charge in [0.1, 0.15) is 11.4 Å². The molecule has 1 amide bonds. The van der Waals surface area contributed by atoms with E-state index in [4.69, 9.17) is 4.74 Å². The highest BCUT2D eigenvalue weighted by Gasteiger charge is 2.23. The van der Waals surface area contributed by atoms with E-state index < -0.39 is 11.7 Å². The minimum Gasteiger partial charge on any atom is -0.444 e. The van der Waals surface area contributed by atoms with E-state index in [1.54, 1.807) is 0 Å². The number of nitrogens with one attached hydrogen (secondary N) is 1. The first-order valence-electron chi connectivity index (χ1n) is 5.35. The van der Waals surface area contributed by atoms with E-state index in [2.05, 4.69) is 5.32 Å². The van der Waals surface area contributed by atoms with Crippen LogP contribution < -0.4 is 5.32 Å². The zero-order chi connectivity index (χ0) is 11.5. The summed E-state index contributed by atoms with van der Waals surface area (Å²) in [7, 11) is 0. The van der Waals surface area contributed by atoms with E-state index in [0.29, 0.717) is 31.1 Å². The molecule has 4 nitrogen and oxygen atoms in total. The second-order valence-corrected chi connectivity index (χ2v) is 5.03. The molecule has 1 fully saturated rings. The van der Waals surface area contributed by atoms with Gasteiger partial charge in [0.15, 0.2) is 0 Å². The predicted octanol–water partition coefficient (Wildman–Crippen LogP) is 1.88. The van der Waals surface area contributed by atoms with Crippen LogP contribution in [0.5, 0.6) is 0 Å². The molecule has 1 aliphatic rings. The van der Waals surface area contributed by atoms with Crippen molar-refractivity contribution in [3.63, 3.8) is 0 Å². The molecule has 0 unspecified atom stereocenters. The first-order chi connectivity index (χ1) is 6.87. The van der Waals surface area contributed by atoms with Crippen LogP contribution in [-0.4, -0.2) is 24.0 Å². The molecule has 86 valence electrons. The molecule has 1 saturated carbocycles.